The molecule has 0 aromatic carbocycles. The minimum Gasteiger partial charge on any atom is -0.376 e. The van der Waals surface area contributed by atoms with Crippen LogP contribution in [-0.2, 0) is 9.84 Å². The number of nitrogens with two attached hydrogens (primary N) is 1. The molecule has 0 spiro atoms. The molecule has 1 unspecified atom stereocenters. The van der Waals surface area contributed by atoms with E-state index in [-0.39, 0.29) is 11.8 Å². The molecule has 78 valence electrons. The van der Waals surface area contributed by atoms with Gasteiger partial charge in [0.15, 0.2) is 15.3 Å². The standard InChI is InChI=1S/C8H17NO3S/c9-6-8(10)13(11,12)7-4-2-1-3-5-7/h7-8,10H,1-6,9H2. The molecular weight excluding hydrogens is 190 g/mol. The number of hydrogen-bond acceptors (Lipinski definition) is 4. The zero-order valence-electron chi connectivity index (χ0n) is 7.65. The second-order valence-electron chi connectivity index (χ2n) is 3.54. The summed E-state index contributed by atoms with van der Waals surface area (Å²) in [6, 6.07) is 0. The van der Waals surface area contributed by atoms with Gasteiger partial charge in [-0.1, -0.05) is 19.3 Å². The Kier molecular flexibility index (Phi) is 3.70. The average Bonchev–Trinajstić information content (AvgIpc) is 2.18. The lowest BCUT2D eigenvalue weighted by Crippen LogP contribution is -2.37. The first-order chi connectivity index (χ1) is 6.09. The van der Waals surface area contributed by atoms with Crippen LogP contribution in [0.4, 0.5) is 0 Å². The molecule has 0 aromatic heterocycles. The Morgan fingerprint density at radius 3 is 2.31 bits per heavy atom. The van der Waals surface area contributed by atoms with Gasteiger partial charge in [-0.05, 0) is 12.8 Å². The highest BCUT2D eigenvalue weighted by atomic mass is 32.2. The van der Waals surface area contributed by atoms with Crippen molar-refractivity contribution in [1.82, 2.24) is 0 Å². The second kappa shape index (κ2) is 4.39. The Morgan fingerprint density at radius 1 is 1.31 bits per heavy atom. The normalized spacial score (nSPS) is 22.9. The lowest BCUT2D eigenvalue weighted by atomic mass is 10.0. The van der Waals surface area contributed by atoms with E-state index in [4.69, 9.17) is 5.73 Å². The van der Waals surface area contributed by atoms with Crippen LogP contribution in [0.5, 0.6) is 0 Å². The van der Waals surface area contributed by atoms with Crippen molar-refractivity contribution >= 4 is 9.84 Å². The Balaban J connectivity index is 2.67. The van der Waals surface area contributed by atoms with E-state index < -0.39 is 15.3 Å². The molecule has 5 heteroatoms. The zero-order valence-corrected chi connectivity index (χ0v) is 8.46. The van der Waals surface area contributed by atoms with Crippen molar-refractivity contribution in [2.75, 3.05) is 6.54 Å². The molecule has 1 fully saturated rings. The van der Waals surface area contributed by atoms with Crippen LogP contribution in [0.25, 0.3) is 0 Å². The molecule has 1 saturated carbocycles. The van der Waals surface area contributed by atoms with Crippen LogP contribution >= 0.6 is 0 Å². The summed E-state index contributed by atoms with van der Waals surface area (Å²) in [7, 11) is -3.38. The summed E-state index contributed by atoms with van der Waals surface area (Å²) in [5, 5.41) is 8.86. The number of hydrogen-bond donors (Lipinski definition) is 2. The van der Waals surface area contributed by atoms with Gasteiger partial charge in [-0.3, -0.25) is 0 Å². The molecule has 0 bridgehead atoms. The zero-order chi connectivity index (χ0) is 9.90. The van der Waals surface area contributed by atoms with Crippen LogP contribution in [0.2, 0.25) is 0 Å². The third-order valence-electron chi connectivity index (χ3n) is 2.60. The molecule has 0 aromatic rings. The first-order valence-electron chi connectivity index (χ1n) is 4.70. The lowest BCUT2D eigenvalue weighted by Gasteiger charge is -2.23. The van der Waals surface area contributed by atoms with Crippen molar-refractivity contribution in [1.29, 1.82) is 0 Å². The summed E-state index contributed by atoms with van der Waals surface area (Å²) in [4.78, 5) is 0. The Morgan fingerprint density at radius 2 is 1.85 bits per heavy atom. The highest BCUT2D eigenvalue weighted by Gasteiger charge is 2.32. The van der Waals surface area contributed by atoms with E-state index in [0.717, 1.165) is 19.3 Å². The fraction of sp³-hybridized carbons (Fsp3) is 1.00. The molecule has 0 radical (unpaired) electrons. The van der Waals surface area contributed by atoms with Crippen molar-refractivity contribution in [3.8, 4) is 0 Å². The number of aliphatic hydroxyl groups is 1. The summed E-state index contributed by atoms with van der Waals surface area (Å²) >= 11 is 0. The molecule has 0 saturated heterocycles. The van der Waals surface area contributed by atoms with Crippen LogP contribution in [-0.4, -0.2) is 30.8 Å². The molecule has 3 N–H and O–H groups in total. The minimum absolute atomic E-state index is 0.196. The Bertz CT molecular complexity index is 244. The number of aliphatic hydroxyl groups excluding tert-OH is 1. The van der Waals surface area contributed by atoms with Crippen molar-refractivity contribution in [2.24, 2.45) is 5.73 Å². The van der Waals surface area contributed by atoms with Gasteiger partial charge in [0.1, 0.15) is 0 Å². The van der Waals surface area contributed by atoms with Crippen LogP contribution in [0, 0.1) is 0 Å². The van der Waals surface area contributed by atoms with Crippen molar-refractivity contribution in [3.63, 3.8) is 0 Å². The first-order valence-corrected chi connectivity index (χ1v) is 6.31. The van der Waals surface area contributed by atoms with E-state index in [1.165, 1.54) is 0 Å². The van der Waals surface area contributed by atoms with Gasteiger partial charge in [-0.15, -0.1) is 0 Å². The number of rotatable bonds is 3. The van der Waals surface area contributed by atoms with E-state index >= 15 is 0 Å². The van der Waals surface area contributed by atoms with E-state index in [2.05, 4.69) is 0 Å². The molecule has 1 rings (SSSR count). The highest BCUT2D eigenvalue weighted by molar-refractivity contribution is 7.92. The monoisotopic (exact) mass is 207 g/mol. The maximum absolute atomic E-state index is 11.6. The van der Waals surface area contributed by atoms with Crippen LogP contribution in [0.3, 0.4) is 0 Å². The van der Waals surface area contributed by atoms with E-state index in [1.807, 2.05) is 0 Å². The van der Waals surface area contributed by atoms with Crippen molar-refractivity contribution < 1.29 is 13.5 Å². The third kappa shape index (κ3) is 2.42. The predicted molar refractivity (Wildman–Crippen MR) is 50.9 cm³/mol. The molecule has 1 aliphatic rings. The van der Waals surface area contributed by atoms with E-state index in [0.29, 0.717) is 12.8 Å². The maximum atomic E-state index is 11.6. The third-order valence-corrected chi connectivity index (χ3v) is 4.95. The minimum atomic E-state index is -3.38. The first kappa shape index (κ1) is 10.9. The quantitative estimate of drug-likeness (QED) is 0.683. The van der Waals surface area contributed by atoms with Gasteiger partial charge in [0.2, 0.25) is 0 Å². The second-order valence-corrected chi connectivity index (χ2v) is 5.93. The van der Waals surface area contributed by atoms with Crippen molar-refractivity contribution in [3.05, 3.63) is 0 Å². The average molecular weight is 207 g/mol. The predicted octanol–water partition coefficient (Wildman–Crippen LogP) is 0.0110. The van der Waals surface area contributed by atoms with Crippen LogP contribution in [0.15, 0.2) is 0 Å². The molecule has 0 amide bonds. The smallest absolute Gasteiger partial charge is 0.180 e. The molecule has 0 heterocycles. The van der Waals surface area contributed by atoms with E-state index in [9.17, 15) is 13.5 Å². The van der Waals surface area contributed by atoms with Crippen molar-refractivity contribution in [2.45, 2.75) is 42.8 Å². The van der Waals surface area contributed by atoms with Gasteiger partial charge in [0.25, 0.3) is 0 Å². The summed E-state index contributed by atoms with van der Waals surface area (Å²) in [6.07, 6.45) is 4.35. The number of sulfone groups is 1. The maximum Gasteiger partial charge on any atom is 0.180 e. The summed E-state index contributed by atoms with van der Waals surface area (Å²) in [6.45, 7) is -0.196. The van der Waals surface area contributed by atoms with E-state index in [1.54, 1.807) is 0 Å². The van der Waals surface area contributed by atoms with Gasteiger partial charge in [0, 0.05) is 6.54 Å². The Hall–Kier alpha value is -0.130. The fourth-order valence-electron chi connectivity index (χ4n) is 1.75. The molecule has 4 nitrogen and oxygen atoms in total. The molecular formula is C8H17NO3S. The van der Waals surface area contributed by atoms with Gasteiger partial charge >= 0.3 is 0 Å². The summed E-state index contributed by atoms with van der Waals surface area (Å²) < 4.78 is 23.2. The Labute approximate surface area is 79.0 Å². The van der Waals surface area contributed by atoms with Crippen LogP contribution < -0.4 is 5.73 Å². The summed E-state index contributed by atoms with van der Waals surface area (Å²) in [5.74, 6) is 0. The molecule has 1 aliphatic carbocycles. The molecule has 13 heavy (non-hydrogen) atoms. The largest absolute Gasteiger partial charge is 0.376 e. The molecule has 1 atom stereocenters. The van der Waals surface area contributed by atoms with Gasteiger partial charge < -0.3 is 10.8 Å². The highest BCUT2D eigenvalue weighted by Crippen LogP contribution is 2.25. The lowest BCUT2D eigenvalue weighted by molar-refractivity contribution is 0.253. The van der Waals surface area contributed by atoms with Gasteiger partial charge in [-0.25, -0.2) is 8.42 Å². The topological polar surface area (TPSA) is 80.4 Å². The van der Waals surface area contributed by atoms with Gasteiger partial charge in [-0.2, -0.15) is 0 Å². The fourth-order valence-corrected chi connectivity index (χ4v) is 3.45. The SMILES string of the molecule is NCC(O)S(=O)(=O)C1CCCCC1. The van der Waals surface area contributed by atoms with Crippen LogP contribution in [0.1, 0.15) is 32.1 Å². The summed E-state index contributed by atoms with van der Waals surface area (Å²) in [5.41, 5.74) is 3.77. The van der Waals surface area contributed by atoms with Gasteiger partial charge in [0.05, 0.1) is 5.25 Å². The molecule has 0 aliphatic heterocycles.